The van der Waals surface area contributed by atoms with Gasteiger partial charge in [-0.1, -0.05) is 38.2 Å². The molecule has 0 heterocycles. The van der Waals surface area contributed by atoms with Crippen LogP contribution < -0.4 is 11.1 Å². The van der Waals surface area contributed by atoms with Gasteiger partial charge in [0.1, 0.15) is 0 Å². The molecule has 1 aromatic rings. The molecular formula is C16H22N2O. The maximum atomic E-state index is 11.9. The van der Waals surface area contributed by atoms with Crippen molar-refractivity contribution in [2.45, 2.75) is 33.6 Å². The molecule has 0 saturated heterocycles. The first-order chi connectivity index (χ1) is 9.06. The van der Waals surface area contributed by atoms with Gasteiger partial charge >= 0.3 is 0 Å². The summed E-state index contributed by atoms with van der Waals surface area (Å²) in [4.78, 5) is 11.9. The van der Waals surface area contributed by atoms with E-state index in [0.717, 1.165) is 23.2 Å². The zero-order chi connectivity index (χ0) is 14.3. The summed E-state index contributed by atoms with van der Waals surface area (Å²) in [5, 5.41) is 2.95. The Balaban J connectivity index is 2.79. The van der Waals surface area contributed by atoms with E-state index >= 15 is 0 Å². The fourth-order valence-electron chi connectivity index (χ4n) is 1.65. The second-order valence-electron chi connectivity index (χ2n) is 4.80. The molecule has 1 unspecified atom stereocenters. The number of nitrogens with one attached hydrogen (secondary N) is 1. The number of hydrogen-bond acceptors (Lipinski definition) is 2. The third-order valence-electron chi connectivity index (χ3n) is 3.08. The molecule has 1 atom stereocenters. The van der Waals surface area contributed by atoms with Crippen LogP contribution in [0.2, 0.25) is 0 Å². The van der Waals surface area contributed by atoms with Crippen LogP contribution in [-0.2, 0) is 4.79 Å². The molecule has 1 amide bonds. The molecule has 0 aromatic heterocycles. The zero-order valence-electron chi connectivity index (χ0n) is 11.9. The molecule has 0 aliphatic rings. The van der Waals surface area contributed by atoms with E-state index in [1.54, 1.807) is 0 Å². The number of hydrogen-bond donors (Lipinski definition) is 2. The van der Waals surface area contributed by atoms with Crippen molar-refractivity contribution in [3.05, 3.63) is 29.3 Å². The minimum Gasteiger partial charge on any atom is -0.326 e. The summed E-state index contributed by atoms with van der Waals surface area (Å²) in [6, 6.07) is 5.79. The number of benzene rings is 1. The van der Waals surface area contributed by atoms with Crippen LogP contribution in [0.4, 0.5) is 5.69 Å². The van der Waals surface area contributed by atoms with Crippen molar-refractivity contribution in [1.29, 1.82) is 0 Å². The van der Waals surface area contributed by atoms with Crippen molar-refractivity contribution in [2.24, 2.45) is 11.7 Å². The zero-order valence-corrected chi connectivity index (χ0v) is 11.9. The minimum absolute atomic E-state index is 0.0568. The van der Waals surface area contributed by atoms with Crippen LogP contribution in [0.5, 0.6) is 0 Å². The smallest absolute Gasteiger partial charge is 0.224 e. The second kappa shape index (κ2) is 7.60. The lowest BCUT2D eigenvalue weighted by atomic mass is 10.0. The number of rotatable bonds is 4. The van der Waals surface area contributed by atoms with Crippen molar-refractivity contribution < 1.29 is 4.79 Å². The lowest BCUT2D eigenvalue weighted by Crippen LogP contribution is -2.15. The monoisotopic (exact) mass is 258 g/mol. The summed E-state index contributed by atoms with van der Waals surface area (Å²) in [5.41, 5.74) is 8.09. The molecule has 0 spiro atoms. The first-order valence-corrected chi connectivity index (χ1v) is 6.66. The standard InChI is InChI=1S/C16H22N2O/c1-4-12(2)10-16(19)18-15-11-14(6-5-9-17)8-7-13(15)3/h7-8,11-12H,4,9-10,17H2,1-3H3,(H,18,19). The Bertz CT molecular complexity index is 497. The molecular weight excluding hydrogens is 236 g/mol. The molecule has 3 nitrogen and oxygen atoms in total. The van der Waals surface area contributed by atoms with E-state index in [4.69, 9.17) is 5.73 Å². The Labute approximate surface area is 115 Å². The predicted octanol–water partition coefficient (Wildman–Crippen LogP) is 2.68. The molecule has 1 aromatic carbocycles. The van der Waals surface area contributed by atoms with Gasteiger partial charge in [0.05, 0.1) is 6.54 Å². The highest BCUT2D eigenvalue weighted by atomic mass is 16.1. The van der Waals surface area contributed by atoms with E-state index in [-0.39, 0.29) is 5.91 Å². The number of anilines is 1. The number of amides is 1. The molecule has 3 heteroatoms. The predicted molar refractivity (Wildman–Crippen MR) is 79.8 cm³/mol. The Morgan fingerprint density at radius 2 is 2.21 bits per heavy atom. The third kappa shape index (κ3) is 5.15. The number of aryl methyl sites for hydroxylation is 1. The highest BCUT2D eigenvalue weighted by Crippen LogP contribution is 2.17. The van der Waals surface area contributed by atoms with Crippen LogP contribution >= 0.6 is 0 Å². The first-order valence-electron chi connectivity index (χ1n) is 6.66. The normalized spacial score (nSPS) is 11.4. The van der Waals surface area contributed by atoms with E-state index in [1.165, 1.54) is 0 Å². The van der Waals surface area contributed by atoms with Crippen molar-refractivity contribution >= 4 is 11.6 Å². The number of nitrogens with two attached hydrogens (primary N) is 1. The summed E-state index contributed by atoms with van der Waals surface area (Å²) < 4.78 is 0. The molecule has 3 N–H and O–H groups in total. The van der Waals surface area contributed by atoms with E-state index < -0.39 is 0 Å². The number of carbonyl (C=O) groups is 1. The average Bonchev–Trinajstić information content (AvgIpc) is 2.39. The van der Waals surface area contributed by atoms with Crippen molar-refractivity contribution in [3.8, 4) is 11.8 Å². The Hall–Kier alpha value is -1.79. The molecule has 0 bridgehead atoms. The topological polar surface area (TPSA) is 55.1 Å². The highest BCUT2D eigenvalue weighted by molar-refractivity contribution is 5.91. The van der Waals surface area contributed by atoms with Crippen LogP contribution in [0.25, 0.3) is 0 Å². The van der Waals surface area contributed by atoms with Crippen LogP contribution in [0, 0.1) is 24.7 Å². The van der Waals surface area contributed by atoms with Crippen molar-refractivity contribution in [1.82, 2.24) is 0 Å². The molecule has 0 fully saturated rings. The van der Waals surface area contributed by atoms with Gasteiger partial charge < -0.3 is 11.1 Å². The summed E-state index contributed by atoms with van der Waals surface area (Å²) in [6.45, 7) is 6.48. The van der Waals surface area contributed by atoms with Gasteiger partial charge in [0.25, 0.3) is 0 Å². The molecule has 1 rings (SSSR count). The molecule has 0 radical (unpaired) electrons. The maximum absolute atomic E-state index is 11.9. The van der Waals surface area contributed by atoms with Gasteiger partial charge in [-0.25, -0.2) is 0 Å². The fourth-order valence-corrected chi connectivity index (χ4v) is 1.65. The maximum Gasteiger partial charge on any atom is 0.224 e. The SMILES string of the molecule is CCC(C)CC(=O)Nc1cc(C#CCN)ccc1C. The Kier molecular flexibility index (Phi) is 6.11. The molecule has 0 aliphatic heterocycles. The van der Waals surface area contributed by atoms with E-state index in [1.807, 2.05) is 25.1 Å². The van der Waals surface area contributed by atoms with Crippen LogP contribution in [0.15, 0.2) is 18.2 Å². The van der Waals surface area contributed by atoms with E-state index in [0.29, 0.717) is 18.9 Å². The quantitative estimate of drug-likeness (QED) is 0.816. The van der Waals surface area contributed by atoms with Crippen molar-refractivity contribution in [3.63, 3.8) is 0 Å². The summed E-state index contributed by atoms with van der Waals surface area (Å²) in [6.07, 6.45) is 1.56. The van der Waals surface area contributed by atoms with Crippen molar-refractivity contribution in [2.75, 3.05) is 11.9 Å². The van der Waals surface area contributed by atoms with E-state index in [2.05, 4.69) is 31.0 Å². The average molecular weight is 258 g/mol. The summed E-state index contributed by atoms with van der Waals surface area (Å²) in [5.74, 6) is 6.24. The van der Waals surface area contributed by atoms with Gasteiger partial charge in [-0.05, 0) is 30.5 Å². The van der Waals surface area contributed by atoms with Crippen LogP contribution in [-0.4, -0.2) is 12.5 Å². The summed E-state index contributed by atoms with van der Waals surface area (Å²) in [7, 11) is 0. The van der Waals surface area contributed by atoms with Gasteiger partial charge in [0.2, 0.25) is 5.91 Å². The van der Waals surface area contributed by atoms with Gasteiger partial charge in [-0.3, -0.25) is 4.79 Å². The summed E-state index contributed by atoms with van der Waals surface area (Å²) >= 11 is 0. The van der Waals surface area contributed by atoms with Gasteiger partial charge in [0, 0.05) is 17.7 Å². The van der Waals surface area contributed by atoms with E-state index in [9.17, 15) is 4.79 Å². The lowest BCUT2D eigenvalue weighted by Gasteiger charge is -2.11. The van der Waals surface area contributed by atoms with Gasteiger partial charge in [0.15, 0.2) is 0 Å². The lowest BCUT2D eigenvalue weighted by molar-refractivity contribution is -0.117. The molecule has 102 valence electrons. The number of carbonyl (C=O) groups excluding carboxylic acids is 1. The molecule has 0 aliphatic carbocycles. The molecule has 0 saturated carbocycles. The minimum atomic E-state index is 0.0568. The fraction of sp³-hybridized carbons (Fsp3) is 0.438. The largest absolute Gasteiger partial charge is 0.326 e. The third-order valence-corrected chi connectivity index (χ3v) is 3.08. The second-order valence-corrected chi connectivity index (χ2v) is 4.80. The van der Waals surface area contributed by atoms with Gasteiger partial charge in [-0.2, -0.15) is 0 Å². The van der Waals surface area contributed by atoms with Crippen LogP contribution in [0.3, 0.4) is 0 Å². The van der Waals surface area contributed by atoms with Gasteiger partial charge in [-0.15, -0.1) is 0 Å². The Morgan fingerprint density at radius 3 is 2.84 bits per heavy atom. The molecule has 19 heavy (non-hydrogen) atoms. The highest BCUT2D eigenvalue weighted by Gasteiger charge is 2.09. The Morgan fingerprint density at radius 1 is 1.47 bits per heavy atom. The first kappa shape index (κ1) is 15.3. The van der Waals surface area contributed by atoms with Crippen LogP contribution in [0.1, 0.15) is 37.8 Å².